The van der Waals surface area contributed by atoms with E-state index in [2.05, 4.69) is 9.97 Å². The Bertz CT molecular complexity index is 659. The second kappa shape index (κ2) is 5.03. The molecule has 19 heavy (non-hydrogen) atoms. The quantitative estimate of drug-likeness (QED) is 0.791. The molecule has 3 aromatic rings. The van der Waals surface area contributed by atoms with E-state index in [-0.39, 0.29) is 0 Å². The van der Waals surface area contributed by atoms with Gasteiger partial charge in [0.2, 0.25) is 0 Å². The van der Waals surface area contributed by atoms with Gasteiger partial charge in [0, 0.05) is 6.20 Å². The lowest BCUT2D eigenvalue weighted by atomic mass is 10.2. The van der Waals surface area contributed by atoms with Crippen LogP contribution in [0, 0.1) is 0 Å². The minimum atomic E-state index is -0.504. The highest BCUT2D eigenvalue weighted by molar-refractivity contribution is 7.99. The first-order chi connectivity index (χ1) is 9.22. The summed E-state index contributed by atoms with van der Waals surface area (Å²) in [7, 11) is 0. The molecule has 3 rings (SSSR count). The molecule has 0 bridgehead atoms. The van der Waals surface area contributed by atoms with Gasteiger partial charge in [0.15, 0.2) is 5.58 Å². The average molecular weight is 272 g/mol. The minimum absolute atomic E-state index is 0.504. The van der Waals surface area contributed by atoms with Crippen LogP contribution in [0.25, 0.3) is 11.1 Å². The zero-order valence-corrected chi connectivity index (χ0v) is 11.1. The van der Waals surface area contributed by atoms with Crippen LogP contribution in [0.15, 0.2) is 57.3 Å². The van der Waals surface area contributed by atoms with Crippen LogP contribution in [-0.2, 0) is 0 Å². The molecule has 96 valence electrons. The minimum Gasteiger partial charge on any atom is -0.431 e. The Hall–Kier alpha value is -1.85. The van der Waals surface area contributed by atoms with Crippen molar-refractivity contribution in [3.63, 3.8) is 0 Å². The highest BCUT2D eigenvalue weighted by Gasteiger charge is 2.08. The lowest BCUT2D eigenvalue weighted by molar-refractivity contribution is 0.198. The number of aliphatic hydroxyl groups is 1. The summed E-state index contributed by atoms with van der Waals surface area (Å²) >= 11 is 1.36. The van der Waals surface area contributed by atoms with Gasteiger partial charge < -0.3 is 9.52 Å². The van der Waals surface area contributed by atoms with E-state index in [0.717, 1.165) is 21.7 Å². The van der Waals surface area contributed by atoms with Crippen LogP contribution in [0.1, 0.15) is 18.6 Å². The third-order valence-corrected chi connectivity index (χ3v) is 3.51. The maximum Gasteiger partial charge on any atom is 0.263 e. The monoisotopic (exact) mass is 272 g/mol. The largest absolute Gasteiger partial charge is 0.431 e. The highest BCUT2D eigenvalue weighted by atomic mass is 32.2. The van der Waals surface area contributed by atoms with Crippen LogP contribution in [0.2, 0.25) is 0 Å². The standard InChI is InChI=1S/C14H12N2O2S/c1-9(17)10-6-7-13(15-8-10)19-14-16-11-4-2-3-5-12(11)18-14/h2-9,17H,1H3. The SMILES string of the molecule is CC(O)c1ccc(Sc2nc3ccccc3o2)nc1. The van der Waals surface area contributed by atoms with E-state index in [0.29, 0.717) is 5.22 Å². The van der Waals surface area contributed by atoms with Crippen LogP contribution in [0.5, 0.6) is 0 Å². The first-order valence-corrected chi connectivity index (χ1v) is 6.71. The maximum atomic E-state index is 9.42. The molecule has 0 aliphatic heterocycles. The molecule has 0 aliphatic carbocycles. The first kappa shape index (κ1) is 12.2. The van der Waals surface area contributed by atoms with E-state index in [1.165, 1.54) is 11.8 Å². The number of aromatic nitrogens is 2. The number of aliphatic hydroxyl groups excluding tert-OH is 1. The van der Waals surface area contributed by atoms with Crippen LogP contribution in [0.3, 0.4) is 0 Å². The fraction of sp³-hybridized carbons (Fsp3) is 0.143. The van der Waals surface area contributed by atoms with Crippen molar-refractivity contribution in [2.45, 2.75) is 23.3 Å². The van der Waals surface area contributed by atoms with Crippen LogP contribution in [-0.4, -0.2) is 15.1 Å². The Balaban J connectivity index is 1.84. The van der Waals surface area contributed by atoms with Gasteiger partial charge in [0.25, 0.3) is 5.22 Å². The molecule has 2 aromatic heterocycles. The molecule has 0 amide bonds. The molecule has 0 saturated heterocycles. The Labute approximate surface area is 114 Å². The van der Waals surface area contributed by atoms with Gasteiger partial charge in [-0.15, -0.1) is 0 Å². The Morgan fingerprint density at radius 3 is 2.74 bits per heavy atom. The summed E-state index contributed by atoms with van der Waals surface area (Å²) in [6.45, 7) is 1.71. The van der Waals surface area contributed by atoms with Gasteiger partial charge in [0.05, 0.1) is 6.10 Å². The van der Waals surface area contributed by atoms with Gasteiger partial charge in [-0.25, -0.2) is 9.97 Å². The van der Waals surface area contributed by atoms with Gasteiger partial charge in [-0.3, -0.25) is 0 Å². The predicted octanol–water partition coefficient (Wildman–Crippen LogP) is 3.43. The van der Waals surface area contributed by atoms with E-state index in [9.17, 15) is 5.11 Å². The summed E-state index contributed by atoms with van der Waals surface area (Å²) in [5.41, 5.74) is 2.40. The number of fused-ring (bicyclic) bond motifs is 1. The third kappa shape index (κ3) is 2.62. The first-order valence-electron chi connectivity index (χ1n) is 5.90. The van der Waals surface area contributed by atoms with Gasteiger partial charge >= 0.3 is 0 Å². The summed E-state index contributed by atoms with van der Waals surface area (Å²) < 4.78 is 5.61. The van der Waals surface area contributed by atoms with E-state index in [4.69, 9.17) is 4.42 Å². The number of oxazole rings is 1. The van der Waals surface area contributed by atoms with Gasteiger partial charge in [0.1, 0.15) is 10.5 Å². The summed E-state index contributed by atoms with van der Waals surface area (Å²) in [6, 6.07) is 11.3. The van der Waals surface area contributed by atoms with E-state index in [1.54, 1.807) is 13.1 Å². The normalized spacial score (nSPS) is 12.7. The van der Waals surface area contributed by atoms with Gasteiger partial charge in [-0.1, -0.05) is 18.2 Å². The summed E-state index contributed by atoms with van der Waals surface area (Å²) in [4.78, 5) is 8.64. The molecular formula is C14H12N2O2S. The number of para-hydroxylation sites is 2. The smallest absolute Gasteiger partial charge is 0.263 e. The topological polar surface area (TPSA) is 59.2 Å². The fourth-order valence-corrected chi connectivity index (χ4v) is 2.38. The molecule has 0 radical (unpaired) electrons. The lowest BCUT2D eigenvalue weighted by Gasteiger charge is -2.03. The van der Waals surface area contributed by atoms with Gasteiger partial charge in [-0.05, 0) is 42.4 Å². The zero-order chi connectivity index (χ0) is 13.2. The average Bonchev–Trinajstić information content (AvgIpc) is 2.81. The van der Waals surface area contributed by atoms with Crippen LogP contribution < -0.4 is 0 Å². The van der Waals surface area contributed by atoms with Crippen molar-refractivity contribution in [2.75, 3.05) is 0 Å². The summed E-state index contributed by atoms with van der Waals surface area (Å²) in [5.74, 6) is 0. The molecule has 1 N–H and O–H groups in total. The molecule has 0 fully saturated rings. The molecule has 0 aliphatic rings. The van der Waals surface area contributed by atoms with Crippen molar-refractivity contribution < 1.29 is 9.52 Å². The van der Waals surface area contributed by atoms with Crippen molar-refractivity contribution in [3.8, 4) is 0 Å². The number of hydrogen-bond donors (Lipinski definition) is 1. The molecule has 1 aromatic carbocycles. The van der Waals surface area contributed by atoms with Crippen molar-refractivity contribution in [1.29, 1.82) is 0 Å². The van der Waals surface area contributed by atoms with Crippen molar-refractivity contribution in [3.05, 3.63) is 48.2 Å². The van der Waals surface area contributed by atoms with E-state index in [1.807, 2.05) is 36.4 Å². The number of rotatable bonds is 3. The number of benzene rings is 1. The van der Waals surface area contributed by atoms with Gasteiger partial charge in [-0.2, -0.15) is 0 Å². The number of nitrogens with zero attached hydrogens (tertiary/aromatic N) is 2. The molecule has 0 saturated carbocycles. The highest BCUT2D eigenvalue weighted by Crippen LogP contribution is 2.28. The molecule has 5 heteroatoms. The molecule has 1 unspecified atom stereocenters. The molecule has 1 atom stereocenters. The van der Waals surface area contributed by atoms with Crippen LogP contribution >= 0.6 is 11.8 Å². The van der Waals surface area contributed by atoms with Crippen molar-refractivity contribution in [2.24, 2.45) is 0 Å². The fourth-order valence-electron chi connectivity index (χ4n) is 1.68. The second-order valence-corrected chi connectivity index (χ2v) is 5.13. The molecule has 2 heterocycles. The zero-order valence-electron chi connectivity index (χ0n) is 10.3. The Kier molecular flexibility index (Phi) is 3.23. The molecular weight excluding hydrogens is 260 g/mol. The molecule has 4 nitrogen and oxygen atoms in total. The Morgan fingerprint density at radius 2 is 2.05 bits per heavy atom. The summed E-state index contributed by atoms with van der Waals surface area (Å²) in [6.07, 6.45) is 1.16. The predicted molar refractivity (Wildman–Crippen MR) is 73.0 cm³/mol. The maximum absolute atomic E-state index is 9.42. The van der Waals surface area contributed by atoms with E-state index < -0.39 is 6.10 Å². The second-order valence-electron chi connectivity index (χ2n) is 4.16. The van der Waals surface area contributed by atoms with E-state index >= 15 is 0 Å². The number of pyridine rings is 1. The third-order valence-electron chi connectivity index (χ3n) is 2.71. The summed E-state index contributed by atoms with van der Waals surface area (Å²) in [5, 5.41) is 10.8. The van der Waals surface area contributed by atoms with Crippen molar-refractivity contribution >= 4 is 22.9 Å². The Morgan fingerprint density at radius 1 is 1.21 bits per heavy atom. The lowest BCUT2D eigenvalue weighted by Crippen LogP contribution is -1.92. The number of hydrogen-bond acceptors (Lipinski definition) is 5. The molecule has 0 spiro atoms. The van der Waals surface area contributed by atoms with Crippen molar-refractivity contribution in [1.82, 2.24) is 9.97 Å². The van der Waals surface area contributed by atoms with Crippen LogP contribution in [0.4, 0.5) is 0 Å².